The van der Waals surface area contributed by atoms with Crippen molar-refractivity contribution in [3.63, 3.8) is 0 Å². The maximum absolute atomic E-state index is 13.7. The summed E-state index contributed by atoms with van der Waals surface area (Å²) in [6.07, 6.45) is 0. The van der Waals surface area contributed by atoms with Gasteiger partial charge in [0.15, 0.2) is 5.82 Å². The van der Waals surface area contributed by atoms with Crippen LogP contribution in [0.25, 0.3) is 0 Å². The van der Waals surface area contributed by atoms with E-state index in [1.54, 1.807) is 40.6 Å². The summed E-state index contributed by atoms with van der Waals surface area (Å²) in [4.78, 5) is 0. The summed E-state index contributed by atoms with van der Waals surface area (Å²) in [6, 6.07) is 3.08. The second kappa shape index (κ2) is 5.31. The van der Waals surface area contributed by atoms with Gasteiger partial charge in [-0.15, -0.1) is 0 Å². The number of benzene rings is 1. The van der Waals surface area contributed by atoms with Gasteiger partial charge in [0.25, 0.3) is 0 Å². The average Bonchev–Trinajstić information content (AvgIpc) is 2.23. The van der Waals surface area contributed by atoms with Crippen molar-refractivity contribution in [3.05, 3.63) is 23.0 Å². The third kappa shape index (κ3) is 3.41. The summed E-state index contributed by atoms with van der Waals surface area (Å²) in [7, 11) is 0. The van der Waals surface area contributed by atoms with Gasteiger partial charge < -0.3 is 15.5 Å². The van der Waals surface area contributed by atoms with Crippen LogP contribution in [0.4, 0.5) is 10.1 Å². The van der Waals surface area contributed by atoms with E-state index >= 15 is 0 Å². The fraction of sp³-hybridized carbons (Fsp3) is 0.538. The highest BCUT2D eigenvalue weighted by Gasteiger charge is 2.38. The molecular formula is C13H20BClFNO2. The van der Waals surface area contributed by atoms with E-state index < -0.39 is 23.9 Å². The number of aliphatic hydroxyl groups is 1. The highest BCUT2D eigenvalue weighted by Crippen LogP contribution is 2.27. The Hall–Kier alpha value is -0.775. The van der Waals surface area contributed by atoms with E-state index in [2.05, 4.69) is 0 Å². The molecule has 0 saturated carbocycles. The van der Waals surface area contributed by atoms with Crippen LogP contribution in [-0.4, -0.2) is 23.2 Å². The molecule has 19 heavy (non-hydrogen) atoms. The first-order valence-electron chi connectivity index (χ1n) is 6.11. The maximum atomic E-state index is 13.7. The number of nitrogen functional groups attached to an aromatic ring is 1. The number of hydrogen-bond acceptors (Lipinski definition) is 3. The molecule has 0 aliphatic rings. The summed E-state index contributed by atoms with van der Waals surface area (Å²) >= 11 is 5.94. The average molecular weight is 288 g/mol. The first-order chi connectivity index (χ1) is 8.47. The molecule has 0 aromatic heterocycles. The van der Waals surface area contributed by atoms with Gasteiger partial charge in [-0.2, -0.15) is 0 Å². The van der Waals surface area contributed by atoms with Gasteiger partial charge >= 0.3 is 6.92 Å². The summed E-state index contributed by atoms with van der Waals surface area (Å²) in [6.45, 7) is 8.14. The van der Waals surface area contributed by atoms with Crippen LogP contribution in [-0.2, 0) is 4.65 Å². The molecule has 1 rings (SSSR count). The van der Waals surface area contributed by atoms with Crippen molar-refractivity contribution in [1.29, 1.82) is 0 Å². The Bertz CT molecular complexity index is 474. The van der Waals surface area contributed by atoms with Crippen molar-refractivity contribution >= 4 is 29.7 Å². The van der Waals surface area contributed by atoms with Crippen molar-refractivity contribution in [2.45, 2.75) is 45.7 Å². The normalized spacial score (nSPS) is 12.6. The Morgan fingerprint density at radius 2 is 1.84 bits per heavy atom. The van der Waals surface area contributed by atoms with Crippen LogP contribution in [0, 0.1) is 5.82 Å². The number of halogens is 2. The molecule has 106 valence electrons. The predicted molar refractivity (Wildman–Crippen MR) is 78.5 cm³/mol. The molecule has 0 amide bonds. The van der Waals surface area contributed by atoms with Crippen LogP contribution in [0.5, 0.6) is 0 Å². The third-order valence-corrected chi connectivity index (χ3v) is 3.91. The second-order valence-electron chi connectivity index (χ2n) is 5.70. The lowest BCUT2D eigenvalue weighted by Gasteiger charge is -2.39. The Labute approximate surface area is 119 Å². The van der Waals surface area contributed by atoms with Gasteiger partial charge in [-0.3, -0.25) is 0 Å². The fourth-order valence-corrected chi connectivity index (χ4v) is 1.87. The van der Waals surface area contributed by atoms with Crippen molar-refractivity contribution in [1.82, 2.24) is 0 Å². The molecule has 0 radical (unpaired) electrons. The van der Waals surface area contributed by atoms with Gasteiger partial charge in [0, 0.05) is 0 Å². The van der Waals surface area contributed by atoms with Gasteiger partial charge in [0.1, 0.15) is 0 Å². The lowest BCUT2D eigenvalue weighted by atomic mass is 9.62. The molecule has 3 N–H and O–H groups in total. The molecule has 0 fully saturated rings. The predicted octanol–water partition coefficient (Wildman–Crippen LogP) is 2.46. The molecule has 0 atom stereocenters. The number of nitrogens with two attached hydrogens (primary N) is 1. The molecule has 0 unspecified atom stereocenters. The van der Waals surface area contributed by atoms with Crippen molar-refractivity contribution < 1.29 is 14.2 Å². The van der Waals surface area contributed by atoms with E-state index in [1.807, 2.05) is 0 Å². The van der Waals surface area contributed by atoms with Gasteiger partial charge in [0.2, 0.25) is 0 Å². The summed E-state index contributed by atoms with van der Waals surface area (Å²) in [5.41, 5.74) is 4.10. The molecule has 3 nitrogen and oxygen atoms in total. The van der Waals surface area contributed by atoms with E-state index in [9.17, 15) is 9.50 Å². The van der Waals surface area contributed by atoms with Crippen LogP contribution in [0.1, 0.15) is 27.7 Å². The Kier molecular flexibility index (Phi) is 4.55. The van der Waals surface area contributed by atoms with E-state index in [0.717, 1.165) is 0 Å². The minimum Gasteiger partial charge on any atom is -0.423 e. The largest absolute Gasteiger partial charge is 0.423 e. The van der Waals surface area contributed by atoms with Gasteiger partial charge in [-0.1, -0.05) is 24.5 Å². The fourth-order valence-electron chi connectivity index (χ4n) is 1.54. The second-order valence-corrected chi connectivity index (χ2v) is 6.08. The summed E-state index contributed by atoms with van der Waals surface area (Å²) in [5.74, 6) is -0.643. The lowest BCUT2D eigenvalue weighted by Crippen LogP contribution is -2.52. The molecule has 6 heteroatoms. The number of hydrogen-bond donors (Lipinski definition) is 2. The topological polar surface area (TPSA) is 55.5 Å². The van der Waals surface area contributed by atoms with Crippen molar-refractivity contribution in [2.75, 3.05) is 5.73 Å². The van der Waals surface area contributed by atoms with Crippen LogP contribution >= 0.6 is 11.6 Å². The minimum atomic E-state index is -1.04. The molecule has 0 spiro atoms. The van der Waals surface area contributed by atoms with Crippen LogP contribution in [0.2, 0.25) is 11.8 Å². The van der Waals surface area contributed by atoms with Crippen molar-refractivity contribution in [2.24, 2.45) is 0 Å². The van der Waals surface area contributed by atoms with Gasteiger partial charge in [0.05, 0.1) is 21.9 Å². The van der Waals surface area contributed by atoms with E-state index in [1.165, 1.54) is 6.07 Å². The van der Waals surface area contributed by atoms with Crippen molar-refractivity contribution in [3.8, 4) is 0 Å². The molecule has 1 aromatic carbocycles. The third-order valence-electron chi connectivity index (χ3n) is 3.52. The molecule has 0 aliphatic heterocycles. The van der Waals surface area contributed by atoms with E-state index in [4.69, 9.17) is 22.0 Å². The highest BCUT2D eigenvalue weighted by atomic mass is 35.5. The smallest absolute Gasteiger partial charge is 0.325 e. The highest BCUT2D eigenvalue weighted by molar-refractivity contribution is 6.69. The first-order valence-corrected chi connectivity index (χ1v) is 6.48. The van der Waals surface area contributed by atoms with Crippen LogP contribution in [0.15, 0.2) is 12.1 Å². The lowest BCUT2D eigenvalue weighted by molar-refractivity contribution is -0.0918. The Morgan fingerprint density at radius 3 is 2.32 bits per heavy atom. The summed E-state index contributed by atoms with van der Waals surface area (Å²) in [5, 5.41) is 10.0. The molecule has 0 bridgehead atoms. The van der Waals surface area contributed by atoms with Crippen LogP contribution in [0.3, 0.4) is 0 Å². The molecule has 0 saturated heterocycles. The quantitative estimate of drug-likeness (QED) is 0.661. The zero-order valence-corrected chi connectivity index (χ0v) is 12.7. The maximum Gasteiger partial charge on any atom is 0.325 e. The Balaban J connectivity index is 3.03. The minimum absolute atomic E-state index is 0.00250. The zero-order valence-electron chi connectivity index (χ0n) is 11.9. The standard InChI is InChI=1S/C13H20BClFNO2/c1-12(2,18)13(3,4)19-14(5)8-6-7-9(17)11(16)10(8)15/h6-7,18H,17H2,1-5H3. The van der Waals surface area contributed by atoms with Gasteiger partial charge in [-0.05, 0) is 39.2 Å². The molecule has 0 heterocycles. The SMILES string of the molecule is CB(OC(C)(C)C(C)(C)O)c1ccc(N)c(F)c1Cl. The van der Waals surface area contributed by atoms with Crippen LogP contribution < -0.4 is 11.2 Å². The van der Waals surface area contributed by atoms with E-state index in [-0.39, 0.29) is 10.7 Å². The monoisotopic (exact) mass is 287 g/mol. The molecular weight excluding hydrogens is 267 g/mol. The zero-order chi connectivity index (χ0) is 15.0. The molecule has 0 aliphatic carbocycles. The number of rotatable bonds is 4. The Morgan fingerprint density at radius 1 is 1.32 bits per heavy atom. The summed E-state index contributed by atoms with van der Waals surface area (Å²) < 4.78 is 19.5. The number of anilines is 1. The van der Waals surface area contributed by atoms with Gasteiger partial charge in [-0.25, -0.2) is 4.39 Å². The van der Waals surface area contributed by atoms with E-state index in [0.29, 0.717) is 5.46 Å². The first kappa shape index (κ1) is 16.3. The molecule has 1 aromatic rings.